The van der Waals surface area contributed by atoms with Gasteiger partial charge in [0.05, 0.1) is 12.8 Å². The fourth-order valence-electron chi connectivity index (χ4n) is 2.52. The molecule has 0 bridgehead atoms. The molecule has 0 aliphatic rings. The van der Waals surface area contributed by atoms with Crippen LogP contribution < -0.4 is 14.9 Å². The average molecular weight is 383 g/mol. The zero-order valence-electron chi connectivity index (χ0n) is 16.5. The lowest BCUT2D eigenvalue weighted by Crippen LogP contribution is -2.24. The van der Waals surface area contributed by atoms with Gasteiger partial charge >= 0.3 is 0 Å². The number of benzene rings is 1. The molecule has 0 unspecified atom stereocenters. The number of carbonyl (C=O) groups excluding carboxylic acids is 1. The lowest BCUT2D eigenvalue weighted by atomic mass is 10.1. The number of nitrogens with zero attached hydrogens (tertiary/aromatic N) is 2. The predicted molar refractivity (Wildman–Crippen MR) is 111 cm³/mol. The summed E-state index contributed by atoms with van der Waals surface area (Å²) in [5.74, 6) is 1.09. The number of hydrogen-bond acceptors (Lipinski definition) is 5. The Bertz CT molecular complexity index is 703. The maximum Gasteiger partial charge on any atom is 0.277 e. The first-order valence-corrected chi connectivity index (χ1v) is 9.85. The zero-order valence-corrected chi connectivity index (χ0v) is 16.5. The van der Waals surface area contributed by atoms with Crippen molar-refractivity contribution in [3.8, 4) is 11.5 Å². The molecule has 1 N–H and O–H groups in total. The Balaban J connectivity index is 1.60. The summed E-state index contributed by atoms with van der Waals surface area (Å²) < 4.78 is 11.2. The SMILES string of the molecule is CCCCCCCCOc1ccc(OCC(=O)NN=Cc2cccnc2)cc1. The first-order chi connectivity index (χ1) is 13.8. The maximum absolute atomic E-state index is 11.8. The van der Waals surface area contributed by atoms with Crippen LogP contribution in [0.2, 0.25) is 0 Å². The third-order valence-electron chi connectivity index (χ3n) is 4.05. The van der Waals surface area contributed by atoms with Crippen molar-refractivity contribution < 1.29 is 14.3 Å². The van der Waals surface area contributed by atoms with E-state index in [2.05, 4.69) is 22.4 Å². The molecule has 1 heterocycles. The van der Waals surface area contributed by atoms with Gasteiger partial charge in [-0.15, -0.1) is 0 Å². The highest BCUT2D eigenvalue weighted by molar-refractivity contribution is 5.82. The monoisotopic (exact) mass is 383 g/mol. The highest BCUT2D eigenvalue weighted by Gasteiger charge is 2.02. The largest absolute Gasteiger partial charge is 0.494 e. The van der Waals surface area contributed by atoms with Gasteiger partial charge in [-0.1, -0.05) is 45.1 Å². The molecule has 0 spiro atoms. The van der Waals surface area contributed by atoms with Crippen LogP contribution in [0.4, 0.5) is 0 Å². The van der Waals surface area contributed by atoms with E-state index in [-0.39, 0.29) is 12.5 Å². The second-order valence-corrected chi connectivity index (χ2v) is 6.46. The maximum atomic E-state index is 11.8. The number of amides is 1. The minimum Gasteiger partial charge on any atom is -0.494 e. The van der Waals surface area contributed by atoms with Crippen molar-refractivity contribution in [3.63, 3.8) is 0 Å². The van der Waals surface area contributed by atoms with Gasteiger partial charge in [0.25, 0.3) is 5.91 Å². The van der Waals surface area contributed by atoms with Crippen molar-refractivity contribution in [1.29, 1.82) is 0 Å². The fraction of sp³-hybridized carbons (Fsp3) is 0.409. The lowest BCUT2D eigenvalue weighted by Gasteiger charge is -2.08. The molecule has 0 saturated heterocycles. The Labute approximate surface area is 167 Å². The number of nitrogens with one attached hydrogen (secondary N) is 1. The zero-order chi connectivity index (χ0) is 19.9. The Hall–Kier alpha value is -2.89. The highest BCUT2D eigenvalue weighted by Crippen LogP contribution is 2.18. The van der Waals surface area contributed by atoms with Gasteiger partial charge in [-0.3, -0.25) is 9.78 Å². The Kier molecular flexibility index (Phi) is 10.2. The lowest BCUT2D eigenvalue weighted by molar-refractivity contribution is -0.123. The number of hydrogen-bond donors (Lipinski definition) is 1. The summed E-state index contributed by atoms with van der Waals surface area (Å²) in [5.41, 5.74) is 3.22. The minimum absolute atomic E-state index is 0.109. The number of carbonyl (C=O) groups is 1. The van der Waals surface area contributed by atoms with Gasteiger partial charge in [0.15, 0.2) is 6.61 Å². The summed E-state index contributed by atoms with van der Waals surface area (Å²) >= 11 is 0. The van der Waals surface area contributed by atoms with E-state index in [1.54, 1.807) is 30.6 Å². The molecular formula is C22H29N3O3. The molecule has 0 saturated carbocycles. The van der Waals surface area contributed by atoms with Crippen LogP contribution in [0.15, 0.2) is 53.9 Å². The van der Waals surface area contributed by atoms with Crippen molar-refractivity contribution >= 4 is 12.1 Å². The molecule has 0 fully saturated rings. The third kappa shape index (κ3) is 9.16. The molecule has 0 radical (unpaired) electrons. The third-order valence-corrected chi connectivity index (χ3v) is 4.05. The molecule has 1 aromatic carbocycles. The Morgan fingerprint density at radius 3 is 2.46 bits per heavy atom. The highest BCUT2D eigenvalue weighted by atomic mass is 16.5. The van der Waals surface area contributed by atoms with Crippen molar-refractivity contribution in [3.05, 3.63) is 54.4 Å². The van der Waals surface area contributed by atoms with Gasteiger partial charge in [0.2, 0.25) is 0 Å². The smallest absolute Gasteiger partial charge is 0.277 e. The molecule has 2 aromatic rings. The minimum atomic E-state index is -0.330. The van der Waals surface area contributed by atoms with Crippen molar-refractivity contribution in [2.75, 3.05) is 13.2 Å². The molecular weight excluding hydrogens is 354 g/mol. The second-order valence-electron chi connectivity index (χ2n) is 6.46. The molecule has 2 rings (SSSR count). The Morgan fingerprint density at radius 1 is 1.04 bits per heavy atom. The van der Waals surface area contributed by atoms with E-state index < -0.39 is 0 Å². The molecule has 150 valence electrons. The van der Waals surface area contributed by atoms with Gasteiger partial charge in [-0.2, -0.15) is 5.10 Å². The molecule has 1 amide bonds. The number of hydrazone groups is 1. The van der Waals surface area contributed by atoms with Crippen LogP contribution >= 0.6 is 0 Å². The molecule has 6 nitrogen and oxygen atoms in total. The second kappa shape index (κ2) is 13.3. The number of ether oxygens (including phenoxy) is 2. The van der Waals surface area contributed by atoms with Crippen LogP contribution in [0.5, 0.6) is 11.5 Å². The molecule has 6 heteroatoms. The van der Waals surface area contributed by atoms with Gasteiger partial charge in [0.1, 0.15) is 11.5 Å². The van der Waals surface area contributed by atoms with Crippen LogP contribution in [0.1, 0.15) is 51.0 Å². The summed E-state index contributed by atoms with van der Waals surface area (Å²) in [6.07, 6.45) is 12.3. The topological polar surface area (TPSA) is 72.8 Å². The van der Waals surface area contributed by atoms with Gasteiger partial charge in [0, 0.05) is 18.0 Å². The van der Waals surface area contributed by atoms with E-state index in [1.165, 1.54) is 38.3 Å². The number of rotatable bonds is 13. The molecule has 0 atom stereocenters. The van der Waals surface area contributed by atoms with Crippen LogP contribution in [-0.4, -0.2) is 30.3 Å². The van der Waals surface area contributed by atoms with Gasteiger partial charge < -0.3 is 9.47 Å². The summed E-state index contributed by atoms with van der Waals surface area (Å²) in [4.78, 5) is 15.7. The Morgan fingerprint density at radius 2 is 1.75 bits per heavy atom. The predicted octanol–water partition coefficient (Wildman–Crippen LogP) is 4.35. The van der Waals surface area contributed by atoms with Crippen molar-refractivity contribution in [2.45, 2.75) is 45.4 Å². The summed E-state index contributed by atoms with van der Waals surface area (Å²) in [7, 11) is 0. The van der Waals surface area contributed by atoms with Gasteiger partial charge in [-0.05, 0) is 36.8 Å². The molecule has 28 heavy (non-hydrogen) atoms. The van der Waals surface area contributed by atoms with E-state index in [0.717, 1.165) is 24.3 Å². The first-order valence-electron chi connectivity index (χ1n) is 9.85. The summed E-state index contributed by atoms with van der Waals surface area (Å²) in [5, 5.41) is 3.87. The van der Waals surface area contributed by atoms with E-state index >= 15 is 0 Å². The van der Waals surface area contributed by atoms with E-state index in [4.69, 9.17) is 9.47 Å². The van der Waals surface area contributed by atoms with Crippen LogP contribution in [0.3, 0.4) is 0 Å². The molecule has 1 aromatic heterocycles. The average Bonchev–Trinajstić information content (AvgIpc) is 2.73. The number of unbranched alkanes of at least 4 members (excludes halogenated alkanes) is 5. The van der Waals surface area contributed by atoms with Crippen LogP contribution in [0, 0.1) is 0 Å². The van der Waals surface area contributed by atoms with E-state index in [0.29, 0.717) is 5.75 Å². The summed E-state index contributed by atoms with van der Waals surface area (Å²) in [6, 6.07) is 10.9. The van der Waals surface area contributed by atoms with Gasteiger partial charge in [-0.25, -0.2) is 5.43 Å². The van der Waals surface area contributed by atoms with Crippen LogP contribution in [0.25, 0.3) is 0 Å². The van der Waals surface area contributed by atoms with Crippen LogP contribution in [-0.2, 0) is 4.79 Å². The molecule has 0 aliphatic heterocycles. The normalized spacial score (nSPS) is 10.8. The number of aromatic nitrogens is 1. The quantitative estimate of drug-likeness (QED) is 0.317. The van der Waals surface area contributed by atoms with E-state index in [9.17, 15) is 4.79 Å². The molecule has 0 aliphatic carbocycles. The van der Waals surface area contributed by atoms with E-state index in [1.807, 2.05) is 18.2 Å². The van der Waals surface area contributed by atoms with Crippen molar-refractivity contribution in [1.82, 2.24) is 10.4 Å². The number of pyridine rings is 1. The summed E-state index contributed by atoms with van der Waals surface area (Å²) in [6.45, 7) is 2.84. The fourth-order valence-corrected chi connectivity index (χ4v) is 2.52. The van der Waals surface area contributed by atoms with Crippen molar-refractivity contribution in [2.24, 2.45) is 5.10 Å². The first kappa shape index (κ1) is 21.4. The standard InChI is InChI=1S/C22H29N3O3/c1-2-3-4-5-6-7-15-27-20-10-12-21(13-11-20)28-18-22(26)25-24-17-19-9-8-14-23-16-19/h8-14,16-17H,2-7,15,18H2,1H3,(H,25,26).